The van der Waals surface area contributed by atoms with Gasteiger partial charge in [0.15, 0.2) is 0 Å². The molecule has 2 N–H and O–H groups in total. The lowest BCUT2D eigenvalue weighted by atomic mass is 10.1. The average molecular weight is 213 g/mol. The second-order valence-electron chi connectivity index (χ2n) is 3.43. The monoisotopic (exact) mass is 212 g/mol. The smallest absolute Gasteiger partial charge is 0.269 e. The predicted octanol–water partition coefficient (Wildman–Crippen LogP) is 2.27. The molecular weight excluding hydrogens is 204 g/mol. The molecule has 0 heterocycles. The summed E-state index contributed by atoms with van der Waals surface area (Å²) in [6.45, 7) is 0. The third-order valence-corrected chi connectivity index (χ3v) is 2.88. The normalized spacial score (nSPS) is 24.6. The topological polar surface area (TPSA) is 69.2 Å². The van der Waals surface area contributed by atoms with Gasteiger partial charge in [-0.25, -0.2) is 0 Å². The van der Waals surface area contributed by atoms with Crippen LogP contribution in [0.4, 0.5) is 11.4 Å². The van der Waals surface area contributed by atoms with Gasteiger partial charge in [0, 0.05) is 29.1 Å². The summed E-state index contributed by atoms with van der Waals surface area (Å²) in [5, 5.41) is 10.6. The molecule has 0 saturated heterocycles. The van der Waals surface area contributed by atoms with E-state index in [9.17, 15) is 10.1 Å². The number of benzene rings is 1. The maximum Gasteiger partial charge on any atom is 0.269 e. The molecule has 0 spiro atoms. The second-order valence-corrected chi connectivity index (χ2v) is 3.99. The Morgan fingerprint density at radius 2 is 2.21 bits per heavy atom. The van der Waals surface area contributed by atoms with Gasteiger partial charge in [-0.05, 0) is 18.1 Å². The lowest BCUT2D eigenvalue weighted by Gasteiger charge is -2.02. The number of nitro groups is 1. The number of nitrogens with two attached hydrogens (primary N) is 1. The summed E-state index contributed by atoms with van der Waals surface area (Å²) in [6, 6.07) is 4.49. The van der Waals surface area contributed by atoms with Crippen LogP contribution >= 0.6 is 11.6 Å². The third-order valence-electron chi connectivity index (χ3n) is 2.39. The van der Waals surface area contributed by atoms with Crippen LogP contribution in [0.2, 0.25) is 0 Å². The number of nitro benzene ring substituents is 1. The van der Waals surface area contributed by atoms with Crippen LogP contribution in [0.25, 0.3) is 0 Å². The van der Waals surface area contributed by atoms with Crippen molar-refractivity contribution in [2.75, 3.05) is 5.73 Å². The lowest BCUT2D eigenvalue weighted by molar-refractivity contribution is -0.384. The van der Waals surface area contributed by atoms with E-state index in [2.05, 4.69) is 0 Å². The number of alkyl halides is 1. The van der Waals surface area contributed by atoms with Crippen LogP contribution in [0.5, 0.6) is 0 Å². The summed E-state index contributed by atoms with van der Waals surface area (Å²) >= 11 is 5.86. The molecule has 2 atom stereocenters. The zero-order valence-electron chi connectivity index (χ0n) is 7.31. The van der Waals surface area contributed by atoms with Crippen LogP contribution in [0, 0.1) is 10.1 Å². The predicted molar refractivity (Wildman–Crippen MR) is 54.5 cm³/mol. The Morgan fingerprint density at radius 1 is 1.57 bits per heavy atom. The van der Waals surface area contributed by atoms with E-state index in [4.69, 9.17) is 17.3 Å². The molecule has 1 aliphatic rings. The highest BCUT2D eigenvalue weighted by molar-refractivity contribution is 6.23. The second kappa shape index (κ2) is 3.13. The molecule has 5 heteroatoms. The zero-order chi connectivity index (χ0) is 10.3. The zero-order valence-corrected chi connectivity index (χ0v) is 8.07. The van der Waals surface area contributed by atoms with Gasteiger partial charge >= 0.3 is 0 Å². The Bertz CT molecular complexity index is 394. The minimum Gasteiger partial charge on any atom is -0.398 e. The van der Waals surface area contributed by atoms with E-state index in [1.54, 1.807) is 6.07 Å². The Hall–Kier alpha value is -1.29. The first-order valence-electron chi connectivity index (χ1n) is 4.27. The first-order chi connectivity index (χ1) is 6.59. The molecule has 0 bridgehead atoms. The summed E-state index contributed by atoms with van der Waals surface area (Å²) in [4.78, 5) is 10.1. The molecule has 0 radical (unpaired) electrons. The quantitative estimate of drug-likeness (QED) is 0.354. The highest BCUT2D eigenvalue weighted by atomic mass is 35.5. The number of hydrogen-bond donors (Lipinski definition) is 1. The van der Waals surface area contributed by atoms with Crippen LogP contribution < -0.4 is 5.73 Å². The fraction of sp³-hybridized carbons (Fsp3) is 0.333. The van der Waals surface area contributed by atoms with Gasteiger partial charge < -0.3 is 5.73 Å². The number of nitrogen functional groups attached to an aromatic ring is 1. The van der Waals surface area contributed by atoms with Crippen molar-refractivity contribution < 1.29 is 4.92 Å². The fourth-order valence-electron chi connectivity index (χ4n) is 1.48. The van der Waals surface area contributed by atoms with Gasteiger partial charge in [0.1, 0.15) is 0 Å². The molecule has 1 aromatic carbocycles. The van der Waals surface area contributed by atoms with Crippen molar-refractivity contribution >= 4 is 23.0 Å². The number of hydrogen-bond acceptors (Lipinski definition) is 3. The van der Waals surface area contributed by atoms with Crippen molar-refractivity contribution in [2.45, 2.75) is 17.7 Å². The molecule has 0 aromatic heterocycles. The molecular formula is C9H9ClN2O2. The maximum absolute atomic E-state index is 10.5. The van der Waals surface area contributed by atoms with Gasteiger partial charge in [0.05, 0.1) is 4.92 Å². The van der Waals surface area contributed by atoms with Crippen LogP contribution in [-0.4, -0.2) is 10.3 Å². The van der Waals surface area contributed by atoms with E-state index in [0.717, 1.165) is 12.0 Å². The largest absolute Gasteiger partial charge is 0.398 e. The van der Waals surface area contributed by atoms with Crippen LogP contribution in [0.15, 0.2) is 18.2 Å². The van der Waals surface area contributed by atoms with Crippen LogP contribution in [0.3, 0.4) is 0 Å². The molecule has 1 aliphatic carbocycles. The van der Waals surface area contributed by atoms with Crippen molar-refractivity contribution in [3.63, 3.8) is 0 Å². The Labute approximate surface area is 85.8 Å². The van der Waals surface area contributed by atoms with Gasteiger partial charge in [-0.2, -0.15) is 0 Å². The molecule has 2 unspecified atom stereocenters. The number of rotatable bonds is 2. The molecule has 2 rings (SSSR count). The van der Waals surface area contributed by atoms with Gasteiger partial charge in [-0.1, -0.05) is 0 Å². The van der Waals surface area contributed by atoms with E-state index in [1.165, 1.54) is 12.1 Å². The molecule has 1 saturated carbocycles. The Morgan fingerprint density at radius 3 is 2.71 bits per heavy atom. The van der Waals surface area contributed by atoms with E-state index in [-0.39, 0.29) is 17.0 Å². The minimum absolute atomic E-state index is 0.0740. The van der Waals surface area contributed by atoms with Crippen molar-refractivity contribution in [3.05, 3.63) is 33.9 Å². The number of nitrogens with zero attached hydrogens (tertiary/aromatic N) is 1. The summed E-state index contributed by atoms with van der Waals surface area (Å²) in [5.74, 6) is 0.191. The highest BCUT2D eigenvalue weighted by Gasteiger charge is 2.38. The summed E-state index contributed by atoms with van der Waals surface area (Å²) in [7, 11) is 0. The summed E-state index contributed by atoms with van der Waals surface area (Å²) in [5.41, 5.74) is 7.18. The maximum atomic E-state index is 10.5. The van der Waals surface area contributed by atoms with Crippen LogP contribution in [-0.2, 0) is 0 Å². The van der Waals surface area contributed by atoms with E-state index < -0.39 is 4.92 Å². The van der Waals surface area contributed by atoms with Gasteiger partial charge in [0.2, 0.25) is 0 Å². The number of halogens is 1. The Kier molecular flexibility index (Phi) is 2.07. The highest BCUT2D eigenvalue weighted by Crippen LogP contribution is 2.47. The Balaban J connectivity index is 2.38. The molecule has 0 aliphatic heterocycles. The number of anilines is 1. The molecule has 14 heavy (non-hydrogen) atoms. The molecule has 1 aromatic rings. The van der Waals surface area contributed by atoms with E-state index in [0.29, 0.717) is 5.69 Å². The molecule has 0 amide bonds. The summed E-state index contributed by atoms with van der Waals surface area (Å²) in [6.07, 6.45) is 0.854. The standard InChI is InChI=1S/C9H9ClN2O2/c10-8-4-6(8)7-3-5(12(13)14)1-2-9(7)11/h1-3,6,8H,4,11H2. The van der Waals surface area contributed by atoms with Gasteiger partial charge in [-0.3, -0.25) is 10.1 Å². The van der Waals surface area contributed by atoms with Gasteiger partial charge in [0.25, 0.3) is 5.69 Å². The van der Waals surface area contributed by atoms with E-state index in [1.807, 2.05) is 0 Å². The molecule has 4 nitrogen and oxygen atoms in total. The third kappa shape index (κ3) is 1.53. The van der Waals surface area contributed by atoms with E-state index >= 15 is 0 Å². The van der Waals surface area contributed by atoms with Crippen molar-refractivity contribution in [3.8, 4) is 0 Å². The molecule has 74 valence electrons. The SMILES string of the molecule is Nc1ccc([N+](=O)[O-])cc1C1CC1Cl. The summed E-state index contributed by atoms with van der Waals surface area (Å²) < 4.78 is 0. The van der Waals surface area contributed by atoms with Gasteiger partial charge in [-0.15, -0.1) is 11.6 Å². The minimum atomic E-state index is -0.422. The molecule has 1 fully saturated rings. The average Bonchev–Trinajstić information content (AvgIpc) is 2.83. The first-order valence-corrected chi connectivity index (χ1v) is 4.71. The van der Waals surface area contributed by atoms with Crippen molar-refractivity contribution in [1.82, 2.24) is 0 Å². The van der Waals surface area contributed by atoms with Crippen LogP contribution in [0.1, 0.15) is 17.9 Å². The lowest BCUT2D eigenvalue weighted by Crippen LogP contribution is -1.96. The number of non-ortho nitro benzene ring substituents is 1. The fourth-order valence-corrected chi connectivity index (χ4v) is 1.81. The van der Waals surface area contributed by atoms with Crippen molar-refractivity contribution in [1.29, 1.82) is 0 Å². The first kappa shape index (κ1) is 9.27. The van der Waals surface area contributed by atoms with Crippen molar-refractivity contribution in [2.24, 2.45) is 0 Å².